The lowest BCUT2D eigenvalue weighted by Gasteiger charge is -2.32. The van der Waals surface area contributed by atoms with Gasteiger partial charge in [0.15, 0.2) is 0 Å². The van der Waals surface area contributed by atoms with Gasteiger partial charge in [-0.3, -0.25) is 14.9 Å². The van der Waals surface area contributed by atoms with Gasteiger partial charge in [0, 0.05) is 37.7 Å². The van der Waals surface area contributed by atoms with Crippen LogP contribution in [0.2, 0.25) is 0 Å². The zero-order valence-corrected chi connectivity index (χ0v) is 12.3. The molecule has 0 aromatic carbocycles. The first-order valence-corrected chi connectivity index (χ1v) is 7.40. The molecular weight excluding hydrogens is 236 g/mol. The van der Waals surface area contributed by atoms with Gasteiger partial charge in [-0.1, -0.05) is 13.8 Å². The minimum Gasteiger partial charge on any atom is -0.313 e. The zero-order valence-electron chi connectivity index (χ0n) is 12.3. The second-order valence-electron chi connectivity index (χ2n) is 5.95. The predicted octanol–water partition coefficient (Wildman–Crippen LogP) is 2.25. The van der Waals surface area contributed by atoms with E-state index < -0.39 is 0 Å². The molecule has 1 aromatic heterocycles. The average molecular weight is 262 g/mol. The maximum Gasteiger partial charge on any atom is 0.0755 e. The normalized spacial score (nSPS) is 21.2. The van der Waals surface area contributed by atoms with E-state index in [1.54, 1.807) is 12.4 Å². The maximum atomic E-state index is 4.46. The van der Waals surface area contributed by atoms with Crippen LogP contribution in [0.15, 0.2) is 18.6 Å². The van der Waals surface area contributed by atoms with Crippen LogP contribution in [0.5, 0.6) is 0 Å². The molecule has 0 spiro atoms. The average Bonchev–Trinajstić information content (AvgIpc) is 2.90. The van der Waals surface area contributed by atoms with Crippen LogP contribution in [0, 0.1) is 5.92 Å². The van der Waals surface area contributed by atoms with Crippen LogP contribution < -0.4 is 5.32 Å². The summed E-state index contributed by atoms with van der Waals surface area (Å²) >= 11 is 0. The zero-order chi connectivity index (χ0) is 13.7. The van der Waals surface area contributed by atoms with Crippen LogP contribution in [-0.2, 0) is 0 Å². The van der Waals surface area contributed by atoms with Crippen molar-refractivity contribution in [2.24, 2.45) is 5.92 Å². The van der Waals surface area contributed by atoms with Crippen molar-refractivity contribution in [3.63, 3.8) is 0 Å². The van der Waals surface area contributed by atoms with E-state index in [4.69, 9.17) is 0 Å². The fourth-order valence-corrected chi connectivity index (χ4v) is 2.77. The SMILES string of the molecule is CC(C)CN(CC1CCCN1)C(C)c1cnccn1. The Bertz CT molecular complexity index is 360. The Labute approximate surface area is 116 Å². The van der Waals surface area contributed by atoms with E-state index in [2.05, 4.69) is 41.0 Å². The summed E-state index contributed by atoms with van der Waals surface area (Å²) in [7, 11) is 0. The van der Waals surface area contributed by atoms with E-state index in [1.165, 1.54) is 19.4 Å². The first-order chi connectivity index (χ1) is 9.16. The van der Waals surface area contributed by atoms with Gasteiger partial charge < -0.3 is 5.32 Å². The first kappa shape index (κ1) is 14.4. The van der Waals surface area contributed by atoms with Crippen LogP contribution in [0.1, 0.15) is 45.3 Å². The van der Waals surface area contributed by atoms with E-state index in [-0.39, 0.29) is 0 Å². The second kappa shape index (κ2) is 6.96. The largest absolute Gasteiger partial charge is 0.313 e. The molecule has 1 aliphatic heterocycles. The van der Waals surface area contributed by atoms with E-state index in [0.29, 0.717) is 18.0 Å². The summed E-state index contributed by atoms with van der Waals surface area (Å²) in [5.74, 6) is 0.667. The van der Waals surface area contributed by atoms with Crippen molar-refractivity contribution in [3.8, 4) is 0 Å². The van der Waals surface area contributed by atoms with Gasteiger partial charge in [0.2, 0.25) is 0 Å². The summed E-state index contributed by atoms with van der Waals surface area (Å²) in [5.41, 5.74) is 1.07. The Morgan fingerprint density at radius 2 is 2.21 bits per heavy atom. The molecule has 1 fully saturated rings. The molecule has 2 rings (SSSR count). The first-order valence-electron chi connectivity index (χ1n) is 7.40. The number of hydrogen-bond donors (Lipinski definition) is 1. The topological polar surface area (TPSA) is 41.0 Å². The minimum absolute atomic E-state index is 0.332. The molecule has 1 N–H and O–H groups in total. The Morgan fingerprint density at radius 3 is 2.79 bits per heavy atom. The lowest BCUT2D eigenvalue weighted by Crippen LogP contribution is -2.40. The summed E-state index contributed by atoms with van der Waals surface area (Å²) in [6.45, 7) is 10.2. The standard InChI is InChI=1S/C15H26N4/c1-12(2)10-19(11-14-5-4-6-17-14)13(3)15-9-16-7-8-18-15/h7-9,12-14,17H,4-6,10-11H2,1-3H3. The predicted molar refractivity (Wildman–Crippen MR) is 77.9 cm³/mol. The van der Waals surface area contributed by atoms with Gasteiger partial charge in [0.25, 0.3) is 0 Å². The lowest BCUT2D eigenvalue weighted by atomic mass is 10.1. The molecule has 19 heavy (non-hydrogen) atoms. The van der Waals surface area contributed by atoms with Crippen molar-refractivity contribution in [2.45, 2.75) is 45.7 Å². The Balaban J connectivity index is 2.03. The van der Waals surface area contributed by atoms with Crippen molar-refractivity contribution in [1.82, 2.24) is 20.2 Å². The van der Waals surface area contributed by atoms with E-state index in [1.807, 2.05) is 6.20 Å². The van der Waals surface area contributed by atoms with Gasteiger partial charge in [-0.2, -0.15) is 0 Å². The van der Waals surface area contributed by atoms with Crippen molar-refractivity contribution in [3.05, 3.63) is 24.3 Å². The molecule has 0 bridgehead atoms. The third-order valence-electron chi connectivity index (χ3n) is 3.78. The monoisotopic (exact) mass is 262 g/mol. The van der Waals surface area contributed by atoms with E-state index >= 15 is 0 Å². The summed E-state index contributed by atoms with van der Waals surface area (Å²) in [5, 5.41) is 3.59. The molecule has 4 heteroatoms. The Hall–Kier alpha value is -1.00. The molecule has 1 saturated heterocycles. The highest BCUT2D eigenvalue weighted by Gasteiger charge is 2.23. The van der Waals surface area contributed by atoms with Gasteiger partial charge in [0.1, 0.15) is 0 Å². The molecule has 2 heterocycles. The molecule has 2 atom stereocenters. The third-order valence-corrected chi connectivity index (χ3v) is 3.78. The molecule has 1 aromatic rings. The number of hydrogen-bond acceptors (Lipinski definition) is 4. The van der Waals surface area contributed by atoms with Gasteiger partial charge in [-0.05, 0) is 32.2 Å². The molecule has 0 saturated carbocycles. The number of nitrogens with one attached hydrogen (secondary N) is 1. The van der Waals surface area contributed by atoms with Crippen molar-refractivity contribution in [2.75, 3.05) is 19.6 Å². The molecule has 2 unspecified atom stereocenters. The number of rotatable bonds is 6. The van der Waals surface area contributed by atoms with Crippen LogP contribution >= 0.6 is 0 Å². The highest BCUT2D eigenvalue weighted by molar-refractivity contribution is 5.02. The molecule has 1 aliphatic rings. The van der Waals surface area contributed by atoms with Crippen molar-refractivity contribution in [1.29, 1.82) is 0 Å². The maximum absolute atomic E-state index is 4.46. The summed E-state index contributed by atoms with van der Waals surface area (Å²) < 4.78 is 0. The van der Waals surface area contributed by atoms with Crippen molar-refractivity contribution >= 4 is 0 Å². The smallest absolute Gasteiger partial charge is 0.0755 e. The molecule has 0 amide bonds. The quantitative estimate of drug-likeness (QED) is 0.853. The highest BCUT2D eigenvalue weighted by Crippen LogP contribution is 2.20. The van der Waals surface area contributed by atoms with Gasteiger partial charge in [0.05, 0.1) is 11.7 Å². The van der Waals surface area contributed by atoms with Crippen LogP contribution in [0.3, 0.4) is 0 Å². The fourth-order valence-electron chi connectivity index (χ4n) is 2.77. The number of aromatic nitrogens is 2. The van der Waals surface area contributed by atoms with E-state index in [0.717, 1.165) is 18.8 Å². The minimum atomic E-state index is 0.332. The van der Waals surface area contributed by atoms with Gasteiger partial charge in [-0.15, -0.1) is 0 Å². The van der Waals surface area contributed by atoms with Crippen LogP contribution in [0.4, 0.5) is 0 Å². The summed E-state index contributed by atoms with van der Waals surface area (Å²) in [6.07, 6.45) is 8.01. The lowest BCUT2D eigenvalue weighted by molar-refractivity contribution is 0.168. The second-order valence-corrected chi connectivity index (χ2v) is 5.95. The number of nitrogens with zero attached hydrogens (tertiary/aromatic N) is 3. The summed E-state index contributed by atoms with van der Waals surface area (Å²) in [6, 6.07) is 0.969. The summed E-state index contributed by atoms with van der Waals surface area (Å²) in [4.78, 5) is 11.2. The molecule has 4 nitrogen and oxygen atoms in total. The molecular formula is C15H26N4. The third kappa shape index (κ3) is 4.25. The molecule has 0 aliphatic carbocycles. The highest BCUT2D eigenvalue weighted by atomic mass is 15.2. The Morgan fingerprint density at radius 1 is 1.37 bits per heavy atom. The van der Waals surface area contributed by atoms with Gasteiger partial charge in [-0.25, -0.2) is 0 Å². The van der Waals surface area contributed by atoms with E-state index in [9.17, 15) is 0 Å². The van der Waals surface area contributed by atoms with Gasteiger partial charge >= 0.3 is 0 Å². The van der Waals surface area contributed by atoms with Crippen molar-refractivity contribution < 1.29 is 0 Å². The fraction of sp³-hybridized carbons (Fsp3) is 0.733. The Kier molecular flexibility index (Phi) is 5.28. The molecule has 106 valence electrons. The van der Waals surface area contributed by atoms with Crippen LogP contribution in [-0.4, -0.2) is 40.5 Å². The molecule has 0 radical (unpaired) electrons. The van der Waals surface area contributed by atoms with Crippen LogP contribution in [0.25, 0.3) is 0 Å².